The summed E-state index contributed by atoms with van der Waals surface area (Å²) in [6.07, 6.45) is 3.24. The number of rotatable bonds is 5. The summed E-state index contributed by atoms with van der Waals surface area (Å²) < 4.78 is 15.2. The maximum atomic E-state index is 13.4. The molecular formula is C25H26FN7O. The van der Waals surface area contributed by atoms with Crippen molar-refractivity contribution in [3.63, 3.8) is 0 Å². The number of amides is 1. The van der Waals surface area contributed by atoms with Gasteiger partial charge in [-0.2, -0.15) is 4.98 Å². The average Bonchev–Trinajstić information content (AvgIpc) is 3.23. The molecule has 0 saturated carbocycles. The number of halogens is 1. The molecule has 1 amide bonds. The summed E-state index contributed by atoms with van der Waals surface area (Å²) in [5.41, 5.74) is 3.75. The van der Waals surface area contributed by atoms with Crippen LogP contribution in [0, 0.1) is 19.7 Å². The number of piperidine rings is 1. The van der Waals surface area contributed by atoms with Crippen LogP contribution in [0.25, 0.3) is 17.0 Å². The van der Waals surface area contributed by atoms with Crippen molar-refractivity contribution < 1.29 is 9.18 Å². The number of hydrogen-bond donors (Lipinski definition) is 1. The number of aryl methyl sites for hydroxylation is 2. The molecule has 1 aliphatic heterocycles. The zero-order valence-electron chi connectivity index (χ0n) is 19.2. The molecule has 1 aromatic carbocycles. The predicted molar refractivity (Wildman–Crippen MR) is 126 cm³/mol. The Morgan fingerprint density at radius 2 is 1.94 bits per heavy atom. The largest absolute Gasteiger partial charge is 0.349 e. The zero-order valence-corrected chi connectivity index (χ0v) is 19.2. The smallest absolute Gasteiger partial charge is 0.253 e. The van der Waals surface area contributed by atoms with E-state index in [0.29, 0.717) is 29.1 Å². The van der Waals surface area contributed by atoms with Crippen LogP contribution in [0.1, 0.15) is 40.4 Å². The highest BCUT2D eigenvalue weighted by Gasteiger charge is 2.22. The molecule has 0 radical (unpaired) electrons. The lowest BCUT2D eigenvalue weighted by atomic mass is 10.0. The normalized spacial score (nSPS) is 15.0. The highest BCUT2D eigenvalue weighted by Crippen LogP contribution is 2.19. The first-order valence-electron chi connectivity index (χ1n) is 11.4. The van der Waals surface area contributed by atoms with Crippen molar-refractivity contribution in [3.8, 4) is 11.3 Å². The molecule has 4 heterocycles. The molecule has 5 rings (SSSR count). The lowest BCUT2D eigenvalue weighted by Crippen LogP contribution is -2.44. The van der Waals surface area contributed by atoms with E-state index in [1.807, 2.05) is 19.9 Å². The molecular weight excluding hydrogens is 433 g/mol. The number of pyridine rings is 1. The molecule has 9 heteroatoms. The van der Waals surface area contributed by atoms with Gasteiger partial charge in [0.2, 0.25) is 0 Å². The van der Waals surface area contributed by atoms with Gasteiger partial charge in [-0.05, 0) is 57.0 Å². The van der Waals surface area contributed by atoms with Crippen LogP contribution in [0.5, 0.6) is 0 Å². The second-order valence-electron chi connectivity index (χ2n) is 8.75. The second kappa shape index (κ2) is 9.26. The third-order valence-electron chi connectivity index (χ3n) is 6.10. The quantitative estimate of drug-likeness (QED) is 0.493. The fourth-order valence-corrected chi connectivity index (χ4v) is 4.33. The van der Waals surface area contributed by atoms with Crippen molar-refractivity contribution in [1.82, 2.24) is 34.8 Å². The lowest BCUT2D eigenvalue weighted by Gasteiger charge is -2.31. The molecule has 0 unspecified atom stereocenters. The van der Waals surface area contributed by atoms with Gasteiger partial charge in [-0.3, -0.25) is 14.7 Å². The predicted octanol–water partition coefficient (Wildman–Crippen LogP) is 3.34. The van der Waals surface area contributed by atoms with Gasteiger partial charge in [-0.15, -0.1) is 5.10 Å². The van der Waals surface area contributed by atoms with Crippen LogP contribution in [-0.2, 0) is 6.54 Å². The summed E-state index contributed by atoms with van der Waals surface area (Å²) >= 11 is 0. The topological polar surface area (TPSA) is 88.3 Å². The first-order chi connectivity index (χ1) is 16.4. The van der Waals surface area contributed by atoms with E-state index in [2.05, 4.69) is 30.3 Å². The van der Waals surface area contributed by atoms with Crippen LogP contribution in [0.4, 0.5) is 4.39 Å². The van der Waals surface area contributed by atoms with Gasteiger partial charge in [0, 0.05) is 42.3 Å². The molecule has 34 heavy (non-hydrogen) atoms. The standard InChI is InChI=1S/C25H26FN7O/c1-16-12-17(2)33-25(28-16)30-23(31-33)15-32-10-8-21(9-11-32)29-24(34)19-6-7-22(27-14-19)18-4-3-5-20(26)13-18/h3-7,12-14,21H,8-11,15H2,1-2H3,(H,29,34). The maximum absolute atomic E-state index is 13.4. The number of benzene rings is 1. The summed E-state index contributed by atoms with van der Waals surface area (Å²) in [6.45, 7) is 6.31. The molecule has 4 aromatic rings. The molecule has 0 spiro atoms. The summed E-state index contributed by atoms with van der Waals surface area (Å²) in [5, 5.41) is 7.70. The van der Waals surface area contributed by atoms with Crippen molar-refractivity contribution >= 4 is 11.7 Å². The molecule has 1 fully saturated rings. The zero-order chi connectivity index (χ0) is 23.7. The van der Waals surface area contributed by atoms with E-state index < -0.39 is 0 Å². The van der Waals surface area contributed by atoms with Gasteiger partial charge in [0.05, 0.1) is 17.8 Å². The summed E-state index contributed by atoms with van der Waals surface area (Å²) in [7, 11) is 0. The van der Waals surface area contributed by atoms with E-state index in [1.165, 1.54) is 18.3 Å². The van der Waals surface area contributed by atoms with E-state index in [0.717, 1.165) is 43.1 Å². The number of carbonyl (C=O) groups excluding carboxylic acids is 1. The fraction of sp³-hybridized carbons (Fsp3) is 0.320. The Bertz CT molecular complexity index is 1330. The van der Waals surface area contributed by atoms with Crippen LogP contribution in [0.15, 0.2) is 48.7 Å². The first-order valence-corrected chi connectivity index (χ1v) is 11.4. The number of likely N-dealkylation sites (tertiary alicyclic amines) is 1. The SMILES string of the molecule is Cc1cc(C)n2nc(CN3CCC(NC(=O)c4ccc(-c5cccc(F)c5)nc4)CC3)nc2n1. The Labute approximate surface area is 196 Å². The van der Waals surface area contributed by atoms with E-state index in [-0.39, 0.29) is 17.8 Å². The highest BCUT2D eigenvalue weighted by atomic mass is 19.1. The highest BCUT2D eigenvalue weighted by molar-refractivity contribution is 5.94. The summed E-state index contributed by atoms with van der Waals surface area (Å²) in [4.78, 5) is 28.4. The van der Waals surface area contributed by atoms with Crippen molar-refractivity contribution in [2.75, 3.05) is 13.1 Å². The Balaban J connectivity index is 1.15. The molecule has 3 aromatic heterocycles. The van der Waals surface area contributed by atoms with E-state index >= 15 is 0 Å². The minimum atomic E-state index is -0.314. The van der Waals surface area contributed by atoms with Crippen LogP contribution >= 0.6 is 0 Å². The number of fused-ring (bicyclic) bond motifs is 1. The van der Waals surface area contributed by atoms with Crippen molar-refractivity contribution in [2.24, 2.45) is 0 Å². The van der Waals surface area contributed by atoms with Crippen molar-refractivity contribution in [2.45, 2.75) is 39.3 Å². The van der Waals surface area contributed by atoms with Crippen LogP contribution in [0.3, 0.4) is 0 Å². The molecule has 1 aliphatic rings. The fourth-order valence-electron chi connectivity index (χ4n) is 4.33. The third kappa shape index (κ3) is 4.79. The minimum Gasteiger partial charge on any atom is -0.349 e. The molecule has 8 nitrogen and oxygen atoms in total. The first kappa shape index (κ1) is 22.1. The van der Waals surface area contributed by atoms with Crippen LogP contribution in [-0.4, -0.2) is 54.5 Å². The van der Waals surface area contributed by atoms with Gasteiger partial charge in [0.15, 0.2) is 5.82 Å². The van der Waals surface area contributed by atoms with Crippen LogP contribution < -0.4 is 5.32 Å². The van der Waals surface area contributed by atoms with Gasteiger partial charge in [-0.25, -0.2) is 13.9 Å². The number of hydrogen-bond acceptors (Lipinski definition) is 6. The second-order valence-corrected chi connectivity index (χ2v) is 8.75. The monoisotopic (exact) mass is 459 g/mol. The van der Waals surface area contributed by atoms with Gasteiger partial charge < -0.3 is 5.32 Å². The average molecular weight is 460 g/mol. The summed E-state index contributed by atoms with van der Waals surface area (Å²) in [6, 6.07) is 11.8. The minimum absolute atomic E-state index is 0.104. The van der Waals surface area contributed by atoms with E-state index in [9.17, 15) is 9.18 Å². The third-order valence-corrected chi connectivity index (χ3v) is 6.10. The maximum Gasteiger partial charge on any atom is 0.253 e. The number of nitrogens with one attached hydrogen (secondary N) is 1. The Hall–Kier alpha value is -3.72. The number of carbonyl (C=O) groups is 1. The van der Waals surface area contributed by atoms with Gasteiger partial charge in [0.25, 0.3) is 11.7 Å². The number of aromatic nitrogens is 5. The molecule has 0 bridgehead atoms. The van der Waals surface area contributed by atoms with E-state index in [4.69, 9.17) is 0 Å². The lowest BCUT2D eigenvalue weighted by molar-refractivity contribution is 0.0907. The Morgan fingerprint density at radius 1 is 1.12 bits per heavy atom. The molecule has 1 saturated heterocycles. The van der Waals surface area contributed by atoms with Crippen LogP contribution in [0.2, 0.25) is 0 Å². The number of nitrogens with zero attached hydrogens (tertiary/aromatic N) is 6. The molecule has 0 atom stereocenters. The van der Waals surface area contributed by atoms with Gasteiger partial charge in [-0.1, -0.05) is 12.1 Å². The van der Waals surface area contributed by atoms with Crippen molar-refractivity contribution in [1.29, 1.82) is 0 Å². The molecule has 1 N–H and O–H groups in total. The van der Waals surface area contributed by atoms with Gasteiger partial charge >= 0.3 is 0 Å². The van der Waals surface area contributed by atoms with Crippen molar-refractivity contribution in [3.05, 3.63) is 77.3 Å². The molecule has 0 aliphatic carbocycles. The summed E-state index contributed by atoms with van der Waals surface area (Å²) in [5.74, 6) is 0.932. The Kier molecular flexibility index (Phi) is 6.02. The van der Waals surface area contributed by atoms with Gasteiger partial charge in [0.1, 0.15) is 5.82 Å². The van der Waals surface area contributed by atoms with E-state index in [1.54, 1.807) is 28.8 Å². The Morgan fingerprint density at radius 3 is 2.68 bits per heavy atom. The molecule has 174 valence electrons.